The van der Waals surface area contributed by atoms with E-state index < -0.39 is 0 Å². The van der Waals surface area contributed by atoms with E-state index in [1.807, 2.05) is 24.3 Å². The predicted octanol–water partition coefficient (Wildman–Crippen LogP) is 1.84. The number of aromatic amines is 1. The van der Waals surface area contributed by atoms with Crippen molar-refractivity contribution in [1.82, 2.24) is 15.2 Å². The molecule has 6 nitrogen and oxygen atoms in total. The molecule has 20 heavy (non-hydrogen) atoms. The summed E-state index contributed by atoms with van der Waals surface area (Å²) in [5.74, 6) is 0.839. The third-order valence-electron chi connectivity index (χ3n) is 3.43. The molecule has 1 amide bonds. The van der Waals surface area contributed by atoms with Crippen molar-refractivity contribution in [2.75, 3.05) is 18.5 Å². The zero-order chi connectivity index (χ0) is 13.8. The summed E-state index contributed by atoms with van der Waals surface area (Å²) < 4.78 is 5.26. The van der Waals surface area contributed by atoms with Crippen molar-refractivity contribution in [3.05, 3.63) is 30.6 Å². The number of hydrogen-bond donors (Lipinski definition) is 2. The maximum atomic E-state index is 12.1. The Morgan fingerprint density at radius 1 is 1.25 bits per heavy atom. The number of carbonyl (C=O) groups excluding carboxylic acids is 1. The second kappa shape index (κ2) is 5.83. The van der Waals surface area contributed by atoms with Crippen LogP contribution in [0.25, 0.3) is 11.4 Å². The Kier molecular flexibility index (Phi) is 3.73. The average Bonchev–Trinajstić information content (AvgIpc) is 3.03. The number of nitrogens with one attached hydrogen (secondary N) is 2. The van der Waals surface area contributed by atoms with Crippen molar-refractivity contribution >= 4 is 11.6 Å². The molecule has 1 aromatic heterocycles. The van der Waals surface area contributed by atoms with Crippen LogP contribution in [0.2, 0.25) is 0 Å². The smallest absolute Gasteiger partial charge is 0.227 e. The van der Waals surface area contributed by atoms with Crippen LogP contribution in [-0.4, -0.2) is 34.3 Å². The van der Waals surface area contributed by atoms with Gasteiger partial charge in [0, 0.05) is 30.4 Å². The van der Waals surface area contributed by atoms with Crippen LogP contribution in [0.1, 0.15) is 12.8 Å². The Balaban J connectivity index is 1.64. The molecule has 0 radical (unpaired) electrons. The van der Waals surface area contributed by atoms with Gasteiger partial charge in [0.05, 0.1) is 0 Å². The first-order chi connectivity index (χ1) is 9.83. The molecule has 1 saturated heterocycles. The number of nitrogens with zero attached hydrogens (tertiary/aromatic N) is 2. The van der Waals surface area contributed by atoms with Crippen LogP contribution in [0.15, 0.2) is 30.6 Å². The molecule has 0 aliphatic carbocycles. The average molecular weight is 272 g/mol. The van der Waals surface area contributed by atoms with Crippen LogP contribution in [-0.2, 0) is 9.53 Å². The molecule has 0 spiro atoms. The molecule has 0 saturated carbocycles. The van der Waals surface area contributed by atoms with Gasteiger partial charge in [-0.25, -0.2) is 4.98 Å². The minimum atomic E-state index is 0.0534. The fraction of sp³-hybridized carbons (Fsp3) is 0.357. The van der Waals surface area contributed by atoms with E-state index in [-0.39, 0.29) is 11.8 Å². The summed E-state index contributed by atoms with van der Waals surface area (Å²) >= 11 is 0. The molecule has 0 atom stereocenters. The Bertz CT molecular complexity index is 559. The van der Waals surface area contributed by atoms with Crippen molar-refractivity contribution in [3.8, 4) is 11.4 Å². The van der Waals surface area contributed by atoms with E-state index in [1.165, 1.54) is 6.33 Å². The third-order valence-corrected chi connectivity index (χ3v) is 3.43. The van der Waals surface area contributed by atoms with Crippen molar-refractivity contribution in [2.45, 2.75) is 12.8 Å². The second-order valence-corrected chi connectivity index (χ2v) is 4.79. The summed E-state index contributed by atoms with van der Waals surface area (Å²) in [6.07, 6.45) is 3.06. The van der Waals surface area contributed by atoms with Crippen molar-refractivity contribution in [1.29, 1.82) is 0 Å². The normalized spacial score (nSPS) is 16.0. The number of aromatic nitrogens is 3. The lowest BCUT2D eigenvalue weighted by atomic mass is 9.99. The molecule has 6 heteroatoms. The Morgan fingerprint density at radius 2 is 2.00 bits per heavy atom. The van der Waals surface area contributed by atoms with Crippen LogP contribution in [0.4, 0.5) is 5.69 Å². The van der Waals surface area contributed by atoms with Crippen LogP contribution in [0, 0.1) is 5.92 Å². The molecule has 2 N–H and O–H groups in total. The fourth-order valence-electron chi connectivity index (χ4n) is 2.26. The van der Waals surface area contributed by atoms with Crippen LogP contribution >= 0.6 is 0 Å². The first-order valence-electron chi connectivity index (χ1n) is 6.67. The summed E-state index contributed by atoms with van der Waals surface area (Å²) in [6, 6.07) is 7.55. The minimum absolute atomic E-state index is 0.0534. The second-order valence-electron chi connectivity index (χ2n) is 4.79. The molecule has 1 aliphatic heterocycles. The highest BCUT2D eigenvalue weighted by molar-refractivity contribution is 5.92. The van der Waals surface area contributed by atoms with Gasteiger partial charge in [-0.1, -0.05) is 0 Å². The lowest BCUT2D eigenvalue weighted by molar-refractivity contribution is -0.122. The van der Waals surface area contributed by atoms with E-state index in [1.54, 1.807) is 0 Å². The number of anilines is 1. The van der Waals surface area contributed by atoms with E-state index in [9.17, 15) is 4.79 Å². The van der Waals surface area contributed by atoms with Crippen LogP contribution in [0.5, 0.6) is 0 Å². The molecule has 104 valence electrons. The minimum Gasteiger partial charge on any atom is -0.381 e. The maximum Gasteiger partial charge on any atom is 0.227 e. The first kappa shape index (κ1) is 12.8. The highest BCUT2D eigenvalue weighted by Gasteiger charge is 2.21. The zero-order valence-electron chi connectivity index (χ0n) is 11.0. The molecule has 1 aliphatic rings. The Labute approximate surface area is 116 Å². The molecular weight excluding hydrogens is 256 g/mol. The lowest BCUT2D eigenvalue weighted by Crippen LogP contribution is -2.28. The van der Waals surface area contributed by atoms with E-state index in [2.05, 4.69) is 20.5 Å². The predicted molar refractivity (Wildman–Crippen MR) is 74.0 cm³/mol. The number of hydrogen-bond acceptors (Lipinski definition) is 4. The number of carbonyl (C=O) groups is 1. The van der Waals surface area contributed by atoms with Gasteiger partial charge in [0.15, 0.2) is 5.82 Å². The summed E-state index contributed by atoms with van der Waals surface area (Å²) in [4.78, 5) is 16.2. The topological polar surface area (TPSA) is 79.9 Å². The van der Waals surface area contributed by atoms with Gasteiger partial charge in [-0.15, -0.1) is 0 Å². The number of rotatable bonds is 3. The maximum absolute atomic E-state index is 12.1. The molecule has 0 unspecified atom stereocenters. The number of H-pyrrole nitrogens is 1. The van der Waals surface area contributed by atoms with Gasteiger partial charge < -0.3 is 10.1 Å². The van der Waals surface area contributed by atoms with Crippen LogP contribution < -0.4 is 5.32 Å². The van der Waals surface area contributed by atoms with Crippen molar-refractivity contribution in [2.24, 2.45) is 5.92 Å². The molecular formula is C14H16N4O2. The summed E-state index contributed by atoms with van der Waals surface area (Å²) in [6.45, 7) is 1.34. The molecule has 0 bridgehead atoms. The zero-order valence-corrected chi connectivity index (χ0v) is 11.0. The first-order valence-corrected chi connectivity index (χ1v) is 6.67. The quantitative estimate of drug-likeness (QED) is 0.893. The van der Waals surface area contributed by atoms with Gasteiger partial charge in [0.2, 0.25) is 5.91 Å². The molecule has 2 heterocycles. The van der Waals surface area contributed by atoms with Gasteiger partial charge in [0.25, 0.3) is 0 Å². The molecule has 3 rings (SSSR count). The largest absolute Gasteiger partial charge is 0.381 e. The Hall–Kier alpha value is -2.21. The van der Waals surface area contributed by atoms with Gasteiger partial charge in [0.1, 0.15) is 6.33 Å². The number of ether oxygens (including phenoxy) is 1. The van der Waals surface area contributed by atoms with Crippen LogP contribution in [0.3, 0.4) is 0 Å². The highest BCUT2D eigenvalue weighted by atomic mass is 16.5. The summed E-state index contributed by atoms with van der Waals surface area (Å²) in [5.41, 5.74) is 1.73. The number of amides is 1. The van der Waals surface area contributed by atoms with Crippen molar-refractivity contribution < 1.29 is 9.53 Å². The molecule has 1 fully saturated rings. The lowest BCUT2D eigenvalue weighted by Gasteiger charge is -2.21. The van der Waals surface area contributed by atoms with E-state index in [4.69, 9.17) is 4.74 Å². The van der Waals surface area contributed by atoms with E-state index in [0.717, 1.165) is 24.1 Å². The standard InChI is InChI=1S/C14H16N4O2/c19-14(11-5-7-20-8-6-11)17-12-3-1-10(2-4-12)13-15-9-16-18-13/h1-4,9,11H,5-8H2,(H,17,19)(H,15,16,18). The van der Waals surface area contributed by atoms with Crippen molar-refractivity contribution in [3.63, 3.8) is 0 Å². The molecule has 1 aromatic carbocycles. The summed E-state index contributed by atoms with van der Waals surface area (Å²) in [5, 5.41) is 9.56. The van der Waals surface area contributed by atoms with Gasteiger partial charge >= 0.3 is 0 Å². The van der Waals surface area contributed by atoms with Gasteiger partial charge in [-0.05, 0) is 37.1 Å². The monoisotopic (exact) mass is 272 g/mol. The Morgan fingerprint density at radius 3 is 2.65 bits per heavy atom. The third kappa shape index (κ3) is 2.85. The van der Waals surface area contributed by atoms with Gasteiger partial charge in [-0.3, -0.25) is 9.89 Å². The van der Waals surface area contributed by atoms with Gasteiger partial charge in [-0.2, -0.15) is 5.10 Å². The van der Waals surface area contributed by atoms with E-state index in [0.29, 0.717) is 19.0 Å². The summed E-state index contributed by atoms with van der Waals surface area (Å²) in [7, 11) is 0. The fourth-order valence-corrected chi connectivity index (χ4v) is 2.26. The number of benzene rings is 1. The van der Waals surface area contributed by atoms with E-state index >= 15 is 0 Å². The highest BCUT2D eigenvalue weighted by Crippen LogP contribution is 2.20. The molecule has 2 aromatic rings. The SMILES string of the molecule is O=C(Nc1ccc(-c2ncn[nH]2)cc1)C1CCOCC1.